The fourth-order valence-electron chi connectivity index (χ4n) is 4.51. The molecule has 2 N–H and O–H groups in total. The van der Waals surface area contributed by atoms with E-state index in [4.69, 9.17) is 14.2 Å². The van der Waals surface area contributed by atoms with Gasteiger partial charge >= 0.3 is 18.0 Å². The van der Waals surface area contributed by atoms with Crippen molar-refractivity contribution in [3.05, 3.63) is 33.9 Å². The molecule has 1 unspecified atom stereocenters. The van der Waals surface area contributed by atoms with Crippen molar-refractivity contribution in [1.82, 2.24) is 5.32 Å². The maximum absolute atomic E-state index is 13.1. The molecule has 38 heavy (non-hydrogen) atoms. The zero-order valence-electron chi connectivity index (χ0n) is 24.3. The van der Waals surface area contributed by atoms with Crippen molar-refractivity contribution in [2.24, 2.45) is 5.92 Å². The number of methoxy groups -OCH3 is 1. The van der Waals surface area contributed by atoms with E-state index >= 15 is 0 Å². The number of amides is 2. The van der Waals surface area contributed by atoms with Crippen LogP contribution >= 0.6 is 0 Å². The number of esters is 2. The molecule has 0 spiro atoms. The van der Waals surface area contributed by atoms with Crippen molar-refractivity contribution in [2.75, 3.05) is 19.0 Å². The van der Waals surface area contributed by atoms with Crippen LogP contribution in [0.15, 0.2) is 11.6 Å². The molecule has 2 rings (SSSR count). The number of rotatable bonds is 15. The van der Waals surface area contributed by atoms with Crippen molar-refractivity contribution >= 4 is 23.7 Å². The van der Waals surface area contributed by atoms with E-state index in [2.05, 4.69) is 31.4 Å². The third-order valence-corrected chi connectivity index (χ3v) is 6.99. The molecule has 0 saturated heterocycles. The maximum Gasteiger partial charge on any atom is 0.341 e. The van der Waals surface area contributed by atoms with Gasteiger partial charge in [-0.05, 0) is 57.4 Å². The highest BCUT2D eigenvalue weighted by Gasteiger charge is 2.32. The van der Waals surface area contributed by atoms with Gasteiger partial charge in [0.05, 0.1) is 25.0 Å². The van der Waals surface area contributed by atoms with Gasteiger partial charge in [-0.15, -0.1) is 0 Å². The molecule has 0 radical (unpaired) electrons. The highest BCUT2D eigenvalue weighted by atomic mass is 16.5. The van der Waals surface area contributed by atoms with E-state index in [0.717, 1.165) is 48.8 Å². The highest BCUT2D eigenvalue weighted by molar-refractivity contribution is 6.05. The fourth-order valence-corrected chi connectivity index (χ4v) is 4.51. The van der Waals surface area contributed by atoms with E-state index in [9.17, 15) is 14.4 Å². The molecule has 1 aliphatic rings. The van der Waals surface area contributed by atoms with Gasteiger partial charge in [0, 0.05) is 23.6 Å². The van der Waals surface area contributed by atoms with Gasteiger partial charge < -0.3 is 24.8 Å². The summed E-state index contributed by atoms with van der Waals surface area (Å²) in [4.78, 5) is 37.9. The first-order valence-corrected chi connectivity index (χ1v) is 13.9. The van der Waals surface area contributed by atoms with Crippen molar-refractivity contribution in [3.63, 3.8) is 0 Å². The molecule has 0 aromatic heterocycles. The van der Waals surface area contributed by atoms with Crippen molar-refractivity contribution in [2.45, 2.75) is 106 Å². The Hall–Kier alpha value is -3.03. The van der Waals surface area contributed by atoms with Gasteiger partial charge in [0.15, 0.2) is 0 Å². The van der Waals surface area contributed by atoms with Gasteiger partial charge in [0.1, 0.15) is 12.4 Å². The van der Waals surface area contributed by atoms with E-state index in [1.165, 1.54) is 0 Å². The Balaban J connectivity index is 2.27. The number of benzene rings is 1. The second kappa shape index (κ2) is 15.4. The van der Waals surface area contributed by atoms with Gasteiger partial charge in [0.25, 0.3) is 0 Å². The highest BCUT2D eigenvalue weighted by Crippen LogP contribution is 2.41. The van der Waals surface area contributed by atoms with E-state index in [-0.39, 0.29) is 24.6 Å². The standard InChI is InChI=1S/C30H46N2O6/c1-8-10-11-22(9-2)31-30(35)32-27-23(28(36-7)21(6)24-18-38-29(34)26(24)27)14-12-20(5)13-15-25(33)37-17-16-19(3)4/h12,19,22H,8-11,13-18H2,1-7H3,(H2,31,32,35)/b20-12+. The van der Waals surface area contributed by atoms with E-state index in [0.29, 0.717) is 54.4 Å². The molecule has 0 fully saturated rings. The van der Waals surface area contributed by atoms with Gasteiger partial charge in [-0.3, -0.25) is 4.79 Å². The van der Waals surface area contributed by atoms with Crippen LogP contribution in [0.25, 0.3) is 0 Å². The lowest BCUT2D eigenvalue weighted by molar-refractivity contribution is -0.143. The van der Waals surface area contributed by atoms with Gasteiger partial charge in [-0.2, -0.15) is 0 Å². The summed E-state index contributed by atoms with van der Waals surface area (Å²) in [6.45, 7) is 12.8. The Bertz CT molecular complexity index is 1010. The van der Waals surface area contributed by atoms with Gasteiger partial charge in [-0.25, -0.2) is 9.59 Å². The van der Waals surface area contributed by atoms with E-state index in [1.54, 1.807) is 7.11 Å². The zero-order chi connectivity index (χ0) is 28.2. The van der Waals surface area contributed by atoms with Crippen LogP contribution < -0.4 is 15.4 Å². The summed E-state index contributed by atoms with van der Waals surface area (Å²) < 4.78 is 16.4. The number of allylic oxidation sites excluding steroid dienone is 2. The number of hydrogen-bond donors (Lipinski definition) is 2. The van der Waals surface area contributed by atoms with Gasteiger partial charge in [-0.1, -0.05) is 52.2 Å². The van der Waals surface area contributed by atoms with Crippen LogP contribution in [0.2, 0.25) is 0 Å². The first-order chi connectivity index (χ1) is 18.1. The number of nitrogens with one attached hydrogen (secondary N) is 2. The Morgan fingerprint density at radius 1 is 1.16 bits per heavy atom. The minimum Gasteiger partial charge on any atom is -0.496 e. The molecule has 1 atom stereocenters. The van der Waals surface area contributed by atoms with Crippen LogP contribution in [0.4, 0.5) is 10.5 Å². The van der Waals surface area contributed by atoms with Crippen LogP contribution in [-0.4, -0.2) is 37.7 Å². The average molecular weight is 531 g/mol. The van der Waals surface area contributed by atoms with Crippen LogP contribution in [0.3, 0.4) is 0 Å². The van der Waals surface area contributed by atoms with Crippen LogP contribution in [0, 0.1) is 12.8 Å². The van der Waals surface area contributed by atoms with Crippen LogP contribution in [0.1, 0.15) is 107 Å². The molecule has 1 aromatic rings. The number of unbranched alkanes of at least 4 members (excludes halogenated alkanes) is 1. The summed E-state index contributed by atoms with van der Waals surface area (Å²) in [6, 6.07) is -0.306. The number of carbonyl (C=O) groups is 3. The number of carbonyl (C=O) groups excluding carboxylic acids is 3. The SMILES string of the molecule is CCCCC(CC)NC(=O)Nc1c(C/C=C(\C)CCC(=O)OCCC(C)C)c(OC)c(C)c2c1C(=O)OC2. The number of cyclic esters (lactones) is 1. The summed E-state index contributed by atoms with van der Waals surface area (Å²) >= 11 is 0. The monoisotopic (exact) mass is 530 g/mol. The first-order valence-electron chi connectivity index (χ1n) is 13.9. The molecule has 0 aliphatic carbocycles. The number of anilines is 1. The lowest BCUT2D eigenvalue weighted by atomic mass is 9.93. The summed E-state index contributed by atoms with van der Waals surface area (Å²) in [6.07, 6.45) is 7.93. The summed E-state index contributed by atoms with van der Waals surface area (Å²) in [5, 5.41) is 6.00. The molecule has 8 nitrogen and oxygen atoms in total. The largest absolute Gasteiger partial charge is 0.496 e. The van der Waals surface area contributed by atoms with Crippen LogP contribution in [0.5, 0.6) is 5.75 Å². The third kappa shape index (κ3) is 8.77. The molecule has 1 aliphatic heterocycles. The van der Waals surface area contributed by atoms with Crippen molar-refractivity contribution < 1.29 is 28.6 Å². The zero-order valence-corrected chi connectivity index (χ0v) is 24.3. The summed E-state index contributed by atoms with van der Waals surface area (Å²) in [5.74, 6) is 0.443. The first kappa shape index (κ1) is 31.2. The van der Waals surface area contributed by atoms with E-state index < -0.39 is 5.97 Å². The molecule has 1 aromatic carbocycles. The number of hydrogen-bond acceptors (Lipinski definition) is 6. The molecule has 2 amide bonds. The lowest BCUT2D eigenvalue weighted by Gasteiger charge is -2.22. The second-order valence-corrected chi connectivity index (χ2v) is 10.4. The number of ether oxygens (including phenoxy) is 3. The Morgan fingerprint density at radius 2 is 1.89 bits per heavy atom. The number of urea groups is 1. The molecular weight excluding hydrogens is 484 g/mol. The average Bonchev–Trinajstić information content (AvgIpc) is 3.27. The predicted octanol–water partition coefficient (Wildman–Crippen LogP) is 6.62. The van der Waals surface area contributed by atoms with Crippen molar-refractivity contribution in [3.8, 4) is 5.75 Å². The summed E-state index contributed by atoms with van der Waals surface area (Å²) in [5.41, 5.74) is 4.07. The quantitative estimate of drug-likeness (QED) is 0.195. The smallest absolute Gasteiger partial charge is 0.341 e. The maximum atomic E-state index is 13.1. The van der Waals surface area contributed by atoms with Crippen molar-refractivity contribution in [1.29, 1.82) is 0 Å². The molecule has 0 bridgehead atoms. The Morgan fingerprint density at radius 3 is 2.53 bits per heavy atom. The minimum atomic E-state index is -0.454. The second-order valence-electron chi connectivity index (χ2n) is 10.4. The predicted molar refractivity (Wildman–Crippen MR) is 150 cm³/mol. The fraction of sp³-hybridized carbons (Fsp3) is 0.633. The Kier molecular flexibility index (Phi) is 12.6. The van der Waals surface area contributed by atoms with Crippen LogP contribution in [-0.2, 0) is 27.3 Å². The molecule has 1 heterocycles. The topological polar surface area (TPSA) is 103 Å². The third-order valence-electron chi connectivity index (χ3n) is 6.99. The molecule has 0 saturated carbocycles. The van der Waals surface area contributed by atoms with E-state index in [1.807, 2.05) is 26.8 Å². The Labute approximate surface area is 227 Å². The molecule has 8 heteroatoms. The molecule has 212 valence electrons. The number of fused-ring (bicyclic) bond motifs is 1. The summed E-state index contributed by atoms with van der Waals surface area (Å²) in [7, 11) is 1.58. The minimum absolute atomic E-state index is 0.0492. The van der Waals surface area contributed by atoms with Gasteiger partial charge in [0.2, 0.25) is 0 Å². The normalized spacial score (nSPS) is 13.7. The lowest BCUT2D eigenvalue weighted by Crippen LogP contribution is -2.38. The molecular formula is C30H46N2O6.